The van der Waals surface area contributed by atoms with Gasteiger partial charge in [-0.15, -0.1) is 0 Å². The number of nitrogens with zero attached hydrogens (tertiary/aromatic N) is 1. The molecule has 11 heavy (non-hydrogen) atoms. The van der Waals surface area contributed by atoms with Crippen LogP contribution in [0.25, 0.3) is 0 Å². The first-order chi connectivity index (χ1) is 5.22. The number of thiol groups is 1. The molecule has 1 aliphatic carbocycles. The first kappa shape index (κ1) is 8.87. The first-order valence-electron chi connectivity index (χ1n) is 3.98. The molecule has 4 heteroatoms. The summed E-state index contributed by atoms with van der Waals surface area (Å²) in [6.07, 6.45) is 5.69. The van der Waals surface area contributed by atoms with E-state index in [4.69, 9.17) is 5.84 Å². The topological polar surface area (TPSA) is 46.3 Å². The number of hydrogen-bond donors (Lipinski definition) is 2. The highest BCUT2D eigenvalue weighted by molar-refractivity contribution is 7.96. The average molecular weight is 174 g/mol. The summed E-state index contributed by atoms with van der Waals surface area (Å²) < 4.78 is 0. The van der Waals surface area contributed by atoms with E-state index < -0.39 is 0 Å². The third-order valence-corrected chi connectivity index (χ3v) is 2.42. The predicted molar refractivity (Wildman–Crippen MR) is 47.3 cm³/mol. The highest BCUT2D eigenvalue weighted by atomic mass is 32.1. The van der Waals surface area contributed by atoms with Crippen molar-refractivity contribution in [2.75, 3.05) is 0 Å². The van der Waals surface area contributed by atoms with Crippen molar-refractivity contribution in [3.63, 3.8) is 0 Å². The average Bonchev–Trinajstić information content (AvgIpc) is 2.05. The number of rotatable bonds is 1. The number of hydrogen-bond acceptors (Lipinski definition) is 2. The number of carbonyl (C=O) groups excluding carboxylic acids is 1. The van der Waals surface area contributed by atoms with Crippen LogP contribution in [0, 0.1) is 0 Å². The molecule has 0 heterocycles. The van der Waals surface area contributed by atoms with Crippen LogP contribution in [0.15, 0.2) is 0 Å². The van der Waals surface area contributed by atoms with Crippen molar-refractivity contribution in [2.24, 2.45) is 5.84 Å². The Bertz CT molecular complexity index is 145. The highest BCUT2D eigenvalue weighted by Crippen LogP contribution is 2.21. The molecule has 1 rings (SSSR count). The Morgan fingerprint density at radius 1 is 1.36 bits per heavy atom. The molecule has 1 saturated carbocycles. The molecule has 1 fully saturated rings. The van der Waals surface area contributed by atoms with Crippen LogP contribution in [0.4, 0.5) is 4.79 Å². The maximum absolute atomic E-state index is 10.7. The van der Waals surface area contributed by atoms with E-state index in [2.05, 4.69) is 12.6 Å². The van der Waals surface area contributed by atoms with Crippen LogP contribution in [0.3, 0.4) is 0 Å². The van der Waals surface area contributed by atoms with Gasteiger partial charge in [-0.05, 0) is 12.8 Å². The molecule has 64 valence electrons. The molecule has 3 nitrogen and oxygen atoms in total. The van der Waals surface area contributed by atoms with Crippen LogP contribution in [0.1, 0.15) is 32.1 Å². The zero-order valence-electron chi connectivity index (χ0n) is 6.49. The van der Waals surface area contributed by atoms with Gasteiger partial charge in [-0.3, -0.25) is 9.80 Å². The summed E-state index contributed by atoms with van der Waals surface area (Å²) in [5, 5.41) is 0.930. The molecule has 0 radical (unpaired) electrons. The van der Waals surface area contributed by atoms with Crippen molar-refractivity contribution in [1.29, 1.82) is 0 Å². The molecule has 0 aromatic heterocycles. The molecule has 0 aliphatic heterocycles. The Kier molecular flexibility index (Phi) is 3.20. The van der Waals surface area contributed by atoms with Gasteiger partial charge < -0.3 is 0 Å². The lowest BCUT2D eigenvalue weighted by Crippen LogP contribution is -2.43. The number of amides is 1. The second kappa shape index (κ2) is 3.97. The van der Waals surface area contributed by atoms with Crippen LogP contribution >= 0.6 is 12.6 Å². The van der Waals surface area contributed by atoms with Gasteiger partial charge in [0.05, 0.1) is 0 Å². The van der Waals surface area contributed by atoms with E-state index in [1.165, 1.54) is 24.3 Å². The number of carbonyl (C=O) groups is 1. The summed E-state index contributed by atoms with van der Waals surface area (Å²) in [5.74, 6) is 5.50. The smallest absolute Gasteiger partial charge is 0.269 e. The van der Waals surface area contributed by atoms with E-state index in [1.807, 2.05) is 0 Å². The molecule has 0 unspecified atom stereocenters. The van der Waals surface area contributed by atoms with Gasteiger partial charge in [0, 0.05) is 6.04 Å². The molecule has 2 N–H and O–H groups in total. The van der Waals surface area contributed by atoms with E-state index in [0.29, 0.717) is 0 Å². The Labute approximate surface area is 72.3 Å². The fourth-order valence-corrected chi connectivity index (χ4v) is 1.68. The summed E-state index contributed by atoms with van der Waals surface area (Å²) >= 11 is 3.67. The fourth-order valence-electron chi connectivity index (χ4n) is 1.52. The summed E-state index contributed by atoms with van der Waals surface area (Å²) in [6, 6.07) is 0.230. The molecular weight excluding hydrogens is 160 g/mol. The van der Waals surface area contributed by atoms with E-state index >= 15 is 0 Å². The quantitative estimate of drug-likeness (QED) is 0.274. The zero-order chi connectivity index (χ0) is 8.27. The van der Waals surface area contributed by atoms with Crippen molar-refractivity contribution in [1.82, 2.24) is 5.01 Å². The maximum Gasteiger partial charge on any atom is 0.292 e. The SMILES string of the molecule is NN(C(=O)S)C1CCCCC1. The second-order valence-corrected chi connectivity index (χ2v) is 3.36. The largest absolute Gasteiger partial charge is 0.292 e. The standard InChI is InChI=1S/C7H14N2OS/c8-9(7(10)11)6-4-2-1-3-5-6/h6H,1-5,8H2,(H,10,11). The summed E-state index contributed by atoms with van der Waals surface area (Å²) in [4.78, 5) is 10.7. The number of hydrazine groups is 1. The van der Waals surface area contributed by atoms with Crippen molar-refractivity contribution in [3.8, 4) is 0 Å². The molecular formula is C7H14N2OS. The lowest BCUT2D eigenvalue weighted by molar-refractivity contribution is 0.179. The lowest BCUT2D eigenvalue weighted by atomic mass is 9.95. The van der Waals surface area contributed by atoms with E-state index in [0.717, 1.165) is 12.8 Å². The lowest BCUT2D eigenvalue weighted by Gasteiger charge is -2.28. The van der Waals surface area contributed by atoms with Gasteiger partial charge in [-0.2, -0.15) is 0 Å². The van der Waals surface area contributed by atoms with Crippen molar-refractivity contribution >= 4 is 17.9 Å². The monoisotopic (exact) mass is 174 g/mol. The summed E-state index contributed by atoms with van der Waals surface area (Å²) in [7, 11) is 0. The van der Waals surface area contributed by atoms with Crippen LogP contribution in [-0.4, -0.2) is 16.3 Å². The van der Waals surface area contributed by atoms with Gasteiger partial charge >= 0.3 is 0 Å². The molecule has 0 aromatic carbocycles. The predicted octanol–water partition coefficient (Wildman–Crippen LogP) is 1.54. The van der Waals surface area contributed by atoms with Crippen molar-refractivity contribution < 1.29 is 4.79 Å². The van der Waals surface area contributed by atoms with Gasteiger partial charge in [0.25, 0.3) is 5.24 Å². The first-order valence-corrected chi connectivity index (χ1v) is 4.43. The fraction of sp³-hybridized carbons (Fsp3) is 0.857. The van der Waals surface area contributed by atoms with Gasteiger partial charge in [-0.1, -0.05) is 31.9 Å². The molecule has 0 saturated heterocycles. The summed E-state index contributed by atoms with van der Waals surface area (Å²) in [5.41, 5.74) is 0. The van der Waals surface area contributed by atoms with E-state index in [9.17, 15) is 4.79 Å². The van der Waals surface area contributed by atoms with Gasteiger partial charge in [0.1, 0.15) is 0 Å². The van der Waals surface area contributed by atoms with Gasteiger partial charge in [0.2, 0.25) is 0 Å². The minimum atomic E-state index is -0.322. The molecule has 1 aliphatic rings. The van der Waals surface area contributed by atoms with Gasteiger partial charge in [-0.25, -0.2) is 5.84 Å². The van der Waals surface area contributed by atoms with Crippen LogP contribution in [0.5, 0.6) is 0 Å². The minimum absolute atomic E-state index is 0.230. The van der Waals surface area contributed by atoms with Crippen LogP contribution < -0.4 is 5.84 Å². The normalized spacial score (nSPS) is 19.8. The number of nitrogens with two attached hydrogens (primary N) is 1. The minimum Gasteiger partial charge on any atom is -0.269 e. The van der Waals surface area contributed by atoms with Crippen LogP contribution in [-0.2, 0) is 0 Å². The Hall–Kier alpha value is -0.220. The van der Waals surface area contributed by atoms with E-state index in [-0.39, 0.29) is 11.3 Å². The Morgan fingerprint density at radius 3 is 2.36 bits per heavy atom. The second-order valence-electron chi connectivity index (χ2n) is 2.98. The highest BCUT2D eigenvalue weighted by Gasteiger charge is 2.20. The maximum atomic E-state index is 10.7. The Balaban J connectivity index is 2.38. The zero-order valence-corrected chi connectivity index (χ0v) is 7.39. The molecule has 0 spiro atoms. The van der Waals surface area contributed by atoms with E-state index in [1.54, 1.807) is 0 Å². The van der Waals surface area contributed by atoms with Crippen LogP contribution in [0.2, 0.25) is 0 Å². The van der Waals surface area contributed by atoms with Crippen molar-refractivity contribution in [2.45, 2.75) is 38.1 Å². The molecule has 1 amide bonds. The third kappa shape index (κ3) is 2.38. The Morgan fingerprint density at radius 2 is 1.91 bits per heavy atom. The summed E-state index contributed by atoms with van der Waals surface area (Å²) in [6.45, 7) is 0. The molecule has 0 atom stereocenters. The molecule has 0 bridgehead atoms. The van der Waals surface area contributed by atoms with Crippen molar-refractivity contribution in [3.05, 3.63) is 0 Å². The third-order valence-electron chi connectivity index (χ3n) is 2.19. The van der Waals surface area contributed by atoms with Gasteiger partial charge in [0.15, 0.2) is 0 Å². The molecule has 0 aromatic rings.